The van der Waals surface area contributed by atoms with Crippen molar-refractivity contribution in [3.63, 3.8) is 0 Å². The molecule has 0 radical (unpaired) electrons. The molecule has 240 valence electrons. The van der Waals surface area contributed by atoms with Gasteiger partial charge < -0.3 is 23.7 Å². The summed E-state index contributed by atoms with van der Waals surface area (Å²) in [6, 6.07) is 31.1. The zero-order valence-electron chi connectivity index (χ0n) is 24.5. The molecule has 0 aromatic heterocycles. The molecule has 5 atom stereocenters. The van der Waals surface area contributed by atoms with Crippen LogP contribution in [-0.2, 0) is 28.5 Å². The maximum atomic E-state index is 13.4. The second-order valence-electron chi connectivity index (χ2n) is 10.0. The molecule has 13 heteroatoms. The van der Waals surface area contributed by atoms with Gasteiger partial charge >= 0.3 is 23.9 Å². The number of carbonyl (C=O) groups is 4. The highest BCUT2D eigenvalue weighted by atomic mass is 17.0. The molecule has 5 rings (SSSR count). The lowest BCUT2D eigenvalue weighted by molar-refractivity contribution is -0.785. The Kier molecular flexibility index (Phi) is 10.5. The third kappa shape index (κ3) is 8.35. The van der Waals surface area contributed by atoms with Gasteiger partial charge in [-0.05, 0) is 48.5 Å². The summed E-state index contributed by atoms with van der Waals surface area (Å²) in [5.41, 5.74) is 0.402. The molecule has 0 saturated carbocycles. The normalized spacial score (nSPS) is 20.2. The van der Waals surface area contributed by atoms with Gasteiger partial charge in [0.15, 0.2) is 18.3 Å². The van der Waals surface area contributed by atoms with E-state index in [1.165, 1.54) is 48.5 Å². The minimum Gasteiger partial charge on any atom is -0.459 e. The van der Waals surface area contributed by atoms with E-state index >= 15 is 0 Å². The van der Waals surface area contributed by atoms with Crippen molar-refractivity contribution in [1.82, 2.24) is 0 Å². The van der Waals surface area contributed by atoms with Crippen LogP contribution in [0.4, 0.5) is 0 Å². The van der Waals surface area contributed by atoms with E-state index < -0.39 is 66.3 Å². The van der Waals surface area contributed by atoms with Crippen molar-refractivity contribution >= 4 is 23.9 Å². The van der Waals surface area contributed by atoms with Gasteiger partial charge in [-0.3, -0.25) is 4.84 Å². The van der Waals surface area contributed by atoms with Crippen LogP contribution < -0.4 is 0 Å². The smallest absolute Gasteiger partial charge is 0.338 e. The average molecular weight is 642 g/mol. The molecule has 0 aliphatic carbocycles. The fourth-order valence-corrected chi connectivity index (χ4v) is 4.70. The van der Waals surface area contributed by atoms with E-state index in [-0.39, 0.29) is 22.3 Å². The Bertz CT molecular complexity index is 1690. The van der Waals surface area contributed by atoms with Crippen molar-refractivity contribution in [3.8, 4) is 0 Å². The number of ether oxygens (including phenoxy) is 5. The highest BCUT2D eigenvalue weighted by Crippen LogP contribution is 2.31. The van der Waals surface area contributed by atoms with Crippen LogP contribution in [0.5, 0.6) is 0 Å². The minimum absolute atomic E-state index is 0.0530. The Morgan fingerprint density at radius 1 is 0.553 bits per heavy atom. The Balaban J connectivity index is 1.54. The number of nitrogens with zero attached hydrogens (tertiary/aromatic N) is 1. The van der Waals surface area contributed by atoms with Crippen LogP contribution >= 0.6 is 0 Å². The summed E-state index contributed by atoms with van der Waals surface area (Å²) < 4.78 is 28.5. The van der Waals surface area contributed by atoms with Crippen LogP contribution in [0.1, 0.15) is 41.4 Å². The molecule has 1 saturated heterocycles. The number of hydrogen-bond acceptors (Lipinski definition) is 12. The molecule has 0 spiro atoms. The van der Waals surface area contributed by atoms with Crippen molar-refractivity contribution < 1.29 is 52.8 Å². The maximum Gasteiger partial charge on any atom is 0.338 e. The van der Waals surface area contributed by atoms with E-state index in [4.69, 9.17) is 28.5 Å². The molecule has 1 heterocycles. The van der Waals surface area contributed by atoms with Gasteiger partial charge in [-0.25, -0.2) is 19.2 Å². The van der Waals surface area contributed by atoms with Crippen molar-refractivity contribution in [1.29, 1.82) is 0 Å². The fraction of sp³-hybridized carbons (Fsp3) is 0.176. The SMILES string of the molecule is O=C(OC[C@H]1O[C@@H](O[N+](=O)[O-])[C@H](OC(=O)c2ccccc2)[C@@H](OC(=O)c2ccccc2)[C@@H]1OC(=O)c1ccccc1)c1ccccc1. The van der Waals surface area contributed by atoms with Gasteiger partial charge in [0.2, 0.25) is 6.29 Å². The summed E-state index contributed by atoms with van der Waals surface area (Å²) in [4.78, 5) is 69.2. The molecular weight excluding hydrogens is 614 g/mol. The number of benzene rings is 4. The lowest BCUT2D eigenvalue weighted by Gasteiger charge is -2.43. The van der Waals surface area contributed by atoms with Crippen LogP contribution in [0.15, 0.2) is 121 Å². The Morgan fingerprint density at radius 2 is 0.915 bits per heavy atom. The topological polar surface area (TPSA) is 167 Å². The molecule has 4 aromatic rings. The van der Waals surface area contributed by atoms with E-state index in [9.17, 15) is 29.3 Å². The summed E-state index contributed by atoms with van der Waals surface area (Å²) >= 11 is 0. The van der Waals surface area contributed by atoms with E-state index in [0.717, 1.165) is 0 Å². The average Bonchev–Trinajstić information content (AvgIpc) is 3.10. The Labute approximate surface area is 267 Å². The number of esters is 4. The monoisotopic (exact) mass is 641 g/mol. The van der Waals surface area contributed by atoms with Crippen LogP contribution in [0.2, 0.25) is 0 Å². The minimum atomic E-state index is -2.02. The molecule has 0 N–H and O–H groups in total. The van der Waals surface area contributed by atoms with Crippen LogP contribution in [0.3, 0.4) is 0 Å². The van der Waals surface area contributed by atoms with Gasteiger partial charge in [-0.15, -0.1) is 10.1 Å². The van der Waals surface area contributed by atoms with Crippen LogP contribution in [0.25, 0.3) is 0 Å². The van der Waals surface area contributed by atoms with Gasteiger partial charge in [0, 0.05) is 0 Å². The predicted octanol–water partition coefficient (Wildman–Crippen LogP) is 4.45. The summed E-state index contributed by atoms with van der Waals surface area (Å²) in [6.07, 6.45) is -8.78. The molecule has 0 bridgehead atoms. The first-order chi connectivity index (χ1) is 22.8. The van der Waals surface area contributed by atoms with Gasteiger partial charge in [0.1, 0.15) is 12.7 Å². The van der Waals surface area contributed by atoms with E-state index in [1.807, 2.05) is 0 Å². The lowest BCUT2D eigenvalue weighted by Crippen LogP contribution is -2.63. The molecule has 13 nitrogen and oxygen atoms in total. The molecule has 47 heavy (non-hydrogen) atoms. The molecule has 0 unspecified atom stereocenters. The molecular formula is C34H27NO12. The largest absolute Gasteiger partial charge is 0.459 e. The third-order valence-corrected chi connectivity index (χ3v) is 6.93. The molecule has 0 amide bonds. The zero-order chi connectivity index (χ0) is 33.2. The van der Waals surface area contributed by atoms with E-state index in [1.54, 1.807) is 72.8 Å². The van der Waals surface area contributed by atoms with Crippen LogP contribution in [0, 0.1) is 10.1 Å². The molecule has 4 aromatic carbocycles. The zero-order valence-corrected chi connectivity index (χ0v) is 24.5. The first-order valence-corrected chi connectivity index (χ1v) is 14.3. The Morgan fingerprint density at radius 3 is 1.32 bits per heavy atom. The third-order valence-electron chi connectivity index (χ3n) is 6.93. The summed E-state index contributed by atoms with van der Waals surface area (Å²) in [7, 11) is 0. The summed E-state index contributed by atoms with van der Waals surface area (Å²) in [5.74, 6) is -3.61. The predicted molar refractivity (Wildman–Crippen MR) is 160 cm³/mol. The van der Waals surface area contributed by atoms with Gasteiger partial charge in [-0.2, -0.15) is 0 Å². The molecule has 1 fully saturated rings. The quantitative estimate of drug-likeness (QED) is 0.0978. The number of hydrogen-bond donors (Lipinski definition) is 0. The van der Waals surface area contributed by atoms with Crippen molar-refractivity contribution in [2.75, 3.05) is 6.61 Å². The van der Waals surface area contributed by atoms with Gasteiger partial charge in [-0.1, -0.05) is 72.8 Å². The van der Waals surface area contributed by atoms with E-state index in [2.05, 4.69) is 0 Å². The van der Waals surface area contributed by atoms with Crippen LogP contribution in [-0.4, -0.2) is 66.3 Å². The highest BCUT2D eigenvalue weighted by Gasteiger charge is 2.54. The van der Waals surface area contributed by atoms with Crippen molar-refractivity contribution in [3.05, 3.63) is 154 Å². The van der Waals surface area contributed by atoms with Gasteiger partial charge in [0.05, 0.1) is 22.3 Å². The summed E-state index contributed by atoms with van der Waals surface area (Å²) in [5, 5.41) is 10.4. The lowest BCUT2D eigenvalue weighted by atomic mass is 9.97. The number of rotatable bonds is 11. The van der Waals surface area contributed by atoms with E-state index in [0.29, 0.717) is 0 Å². The first kappa shape index (κ1) is 32.3. The number of carbonyl (C=O) groups excluding carboxylic acids is 4. The van der Waals surface area contributed by atoms with Crippen molar-refractivity contribution in [2.24, 2.45) is 0 Å². The first-order valence-electron chi connectivity index (χ1n) is 14.3. The summed E-state index contributed by atoms with van der Waals surface area (Å²) in [6.45, 7) is -0.642. The van der Waals surface area contributed by atoms with Gasteiger partial charge in [0.25, 0.3) is 5.09 Å². The second kappa shape index (κ2) is 15.3. The molecule has 1 aliphatic heterocycles. The molecule has 1 aliphatic rings. The fourth-order valence-electron chi connectivity index (χ4n) is 4.70. The maximum absolute atomic E-state index is 13.4. The van der Waals surface area contributed by atoms with Crippen molar-refractivity contribution in [2.45, 2.75) is 30.7 Å². The highest BCUT2D eigenvalue weighted by molar-refractivity contribution is 5.91. The second-order valence-corrected chi connectivity index (χ2v) is 10.0. The Hall–Kier alpha value is -6.08. The standard InChI is InChI=1S/C34H27NO12/c36-30(22-13-5-1-6-14-22)42-21-26-27(44-31(37)23-15-7-2-8-16-23)28(45-32(38)24-17-9-3-10-18-24)29(34(43-26)47-35(40)41)46-33(39)25-19-11-4-12-20-25/h1-20,26-29,34H,21H2/t26-,27-,28+,29-,34+/m1/s1.